The van der Waals surface area contributed by atoms with Gasteiger partial charge in [0.05, 0.1) is 5.75 Å². The molecule has 0 radical (unpaired) electrons. The van der Waals surface area contributed by atoms with Crippen molar-refractivity contribution in [3.8, 4) is 0 Å². The lowest BCUT2D eigenvalue weighted by Crippen LogP contribution is -2.38. The van der Waals surface area contributed by atoms with Crippen LogP contribution in [-0.4, -0.2) is 40.0 Å². The van der Waals surface area contributed by atoms with E-state index in [-0.39, 0.29) is 23.7 Å². The van der Waals surface area contributed by atoms with E-state index in [1.54, 1.807) is 24.4 Å². The van der Waals surface area contributed by atoms with E-state index in [2.05, 4.69) is 24.1 Å². The maximum atomic E-state index is 12.2. The number of rotatable bonds is 8. The van der Waals surface area contributed by atoms with E-state index in [1.165, 1.54) is 11.8 Å². The van der Waals surface area contributed by atoms with E-state index in [4.69, 9.17) is 4.74 Å². The molecule has 0 saturated carbocycles. The van der Waals surface area contributed by atoms with Crippen LogP contribution in [0, 0.1) is 5.92 Å². The molecule has 1 amide bonds. The molecule has 0 bridgehead atoms. The fourth-order valence-corrected chi connectivity index (χ4v) is 3.00. The summed E-state index contributed by atoms with van der Waals surface area (Å²) in [5, 5.41) is 3.01. The summed E-state index contributed by atoms with van der Waals surface area (Å²) in [4.78, 5) is 28.1. The Balaban J connectivity index is 2.50. The molecular weight excluding hydrogens is 324 g/mol. The van der Waals surface area contributed by atoms with E-state index in [1.807, 2.05) is 20.8 Å². The van der Waals surface area contributed by atoms with Crippen LogP contribution in [0.2, 0.25) is 0 Å². The number of pyridine rings is 1. The predicted octanol–water partition coefficient (Wildman–Crippen LogP) is 3.30. The lowest BCUT2D eigenvalue weighted by molar-refractivity contribution is -0.151. The first-order chi connectivity index (χ1) is 11.2. The number of carbonyl (C=O) groups excluding carboxylic acids is 2. The quantitative estimate of drug-likeness (QED) is 0.727. The van der Waals surface area contributed by atoms with E-state index in [9.17, 15) is 9.59 Å². The van der Waals surface area contributed by atoms with Crippen molar-refractivity contribution < 1.29 is 14.3 Å². The highest BCUT2D eigenvalue weighted by atomic mass is 32.2. The van der Waals surface area contributed by atoms with Crippen molar-refractivity contribution in [1.82, 2.24) is 10.3 Å². The molecule has 5 nitrogen and oxygen atoms in total. The van der Waals surface area contributed by atoms with Crippen molar-refractivity contribution in [2.75, 3.05) is 11.5 Å². The van der Waals surface area contributed by atoms with Crippen molar-refractivity contribution in [3.05, 3.63) is 30.1 Å². The van der Waals surface area contributed by atoms with Gasteiger partial charge < -0.3 is 10.1 Å². The van der Waals surface area contributed by atoms with Gasteiger partial charge in [-0.05, 0) is 45.2 Å². The first-order valence-electron chi connectivity index (χ1n) is 8.19. The summed E-state index contributed by atoms with van der Waals surface area (Å²) < 4.78 is 5.29. The topological polar surface area (TPSA) is 68.3 Å². The summed E-state index contributed by atoms with van der Waals surface area (Å²) in [6.07, 6.45) is 2.45. The molecule has 6 heteroatoms. The second-order valence-electron chi connectivity index (χ2n) is 7.12. The molecule has 0 aromatic carbocycles. The van der Waals surface area contributed by atoms with Crippen molar-refractivity contribution >= 4 is 23.6 Å². The Hall–Kier alpha value is -1.56. The predicted molar refractivity (Wildman–Crippen MR) is 98.1 cm³/mol. The average Bonchev–Trinajstić information content (AvgIpc) is 2.45. The van der Waals surface area contributed by atoms with Crippen molar-refractivity contribution in [1.29, 1.82) is 0 Å². The van der Waals surface area contributed by atoms with E-state index in [0.717, 1.165) is 6.42 Å². The number of hydrogen-bond donors (Lipinski definition) is 1. The molecule has 1 heterocycles. The van der Waals surface area contributed by atoms with Crippen molar-refractivity contribution in [2.45, 2.75) is 52.7 Å². The zero-order chi connectivity index (χ0) is 18.2. The lowest BCUT2D eigenvalue weighted by atomic mass is 10.1. The van der Waals surface area contributed by atoms with Crippen LogP contribution in [0.25, 0.3) is 0 Å². The molecule has 0 spiro atoms. The summed E-state index contributed by atoms with van der Waals surface area (Å²) in [5.74, 6) is 0.980. The number of nitrogens with zero attached hydrogens (tertiary/aromatic N) is 1. The van der Waals surface area contributed by atoms with Gasteiger partial charge in [-0.25, -0.2) is 0 Å². The van der Waals surface area contributed by atoms with Crippen LogP contribution in [0.5, 0.6) is 0 Å². The summed E-state index contributed by atoms with van der Waals surface area (Å²) >= 11 is 1.48. The monoisotopic (exact) mass is 352 g/mol. The van der Waals surface area contributed by atoms with E-state index >= 15 is 0 Å². The molecule has 1 atom stereocenters. The number of amides is 1. The van der Waals surface area contributed by atoms with Gasteiger partial charge in [0.1, 0.15) is 11.3 Å². The highest BCUT2D eigenvalue weighted by molar-refractivity contribution is 7.99. The summed E-state index contributed by atoms with van der Waals surface area (Å²) in [6, 6.07) is 5.25. The van der Waals surface area contributed by atoms with Gasteiger partial charge in [0.15, 0.2) is 0 Å². The van der Waals surface area contributed by atoms with Gasteiger partial charge in [0.25, 0.3) is 5.91 Å². The number of aromatic nitrogens is 1. The minimum absolute atomic E-state index is 0.00746. The molecule has 0 saturated heterocycles. The van der Waals surface area contributed by atoms with Crippen LogP contribution in [0.4, 0.5) is 0 Å². The number of carbonyl (C=O) groups is 2. The molecular formula is C18H28N2O3S. The number of thioether (sulfide) groups is 1. The highest BCUT2D eigenvalue weighted by Gasteiger charge is 2.19. The molecule has 1 rings (SSSR count). The third kappa shape index (κ3) is 8.91. The fourth-order valence-electron chi connectivity index (χ4n) is 2.15. The summed E-state index contributed by atoms with van der Waals surface area (Å²) in [5.41, 5.74) is -0.0641. The van der Waals surface area contributed by atoms with Gasteiger partial charge in [-0.2, -0.15) is 0 Å². The number of ether oxygens (including phenoxy) is 1. The molecule has 24 heavy (non-hydrogen) atoms. The maximum Gasteiger partial charge on any atom is 0.316 e. The zero-order valence-electron chi connectivity index (χ0n) is 15.2. The Bertz CT molecular complexity index is 527. The Morgan fingerprint density at radius 2 is 2.00 bits per heavy atom. The van der Waals surface area contributed by atoms with E-state index in [0.29, 0.717) is 17.4 Å². The molecule has 0 aliphatic carbocycles. The average molecular weight is 353 g/mol. The highest BCUT2D eigenvalue weighted by Crippen LogP contribution is 2.14. The van der Waals surface area contributed by atoms with Crippen molar-refractivity contribution in [3.63, 3.8) is 0 Å². The maximum absolute atomic E-state index is 12.2. The lowest BCUT2D eigenvalue weighted by Gasteiger charge is -2.21. The molecule has 0 aliphatic rings. The minimum atomic E-state index is -0.470. The number of esters is 1. The molecule has 134 valence electrons. The number of nitrogens with one attached hydrogen (secondary N) is 1. The second-order valence-corrected chi connectivity index (χ2v) is 8.15. The first kappa shape index (κ1) is 20.5. The van der Waals surface area contributed by atoms with Gasteiger partial charge in [-0.15, -0.1) is 11.8 Å². The van der Waals surface area contributed by atoms with Crippen molar-refractivity contribution in [2.24, 2.45) is 5.92 Å². The minimum Gasteiger partial charge on any atom is -0.459 e. The Kier molecular flexibility index (Phi) is 8.25. The Morgan fingerprint density at radius 3 is 2.54 bits per heavy atom. The third-order valence-electron chi connectivity index (χ3n) is 2.95. The van der Waals surface area contributed by atoms with Gasteiger partial charge in [-0.3, -0.25) is 14.6 Å². The van der Waals surface area contributed by atoms with Crippen LogP contribution in [0.3, 0.4) is 0 Å². The van der Waals surface area contributed by atoms with E-state index < -0.39 is 5.60 Å². The molecule has 0 aliphatic heterocycles. The van der Waals surface area contributed by atoms with Gasteiger partial charge in [0, 0.05) is 18.0 Å². The van der Waals surface area contributed by atoms with Crippen LogP contribution in [-0.2, 0) is 9.53 Å². The second kappa shape index (κ2) is 9.67. The van der Waals surface area contributed by atoms with Gasteiger partial charge in [0.2, 0.25) is 0 Å². The first-order valence-corrected chi connectivity index (χ1v) is 9.34. The van der Waals surface area contributed by atoms with Crippen LogP contribution < -0.4 is 5.32 Å². The molecule has 1 N–H and O–H groups in total. The largest absolute Gasteiger partial charge is 0.459 e. The Morgan fingerprint density at radius 1 is 1.29 bits per heavy atom. The molecule has 1 aromatic heterocycles. The normalized spacial score (nSPS) is 12.8. The third-order valence-corrected chi connectivity index (χ3v) is 4.03. The molecule has 0 fully saturated rings. The summed E-state index contributed by atoms with van der Waals surface area (Å²) in [7, 11) is 0. The molecule has 1 aromatic rings. The van der Waals surface area contributed by atoms with Crippen LogP contribution >= 0.6 is 11.8 Å². The summed E-state index contributed by atoms with van der Waals surface area (Å²) in [6.45, 7) is 9.77. The fraction of sp³-hybridized carbons (Fsp3) is 0.611. The Labute approximate surface area is 149 Å². The molecule has 1 unspecified atom stereocenters. The smallest absolute Gasteiger partial charge is 0.316 e. The zero-order valence-corrected chi connectivity index (χ0v) is 16.0. The standard InChI is InChI=1S/C18H28N2O3S/c1-13(2)10-14(11-24-12-16(21)23-18(3,4)5)20-17(22)15-8-6-7-9-19-15/h6-9,13-14H,10-12H2,1-5H3,(H,20,22). The van der Waals surface area contributed by atoms with Crippen LogP contribution in [0.15, 0.2) is 24.4 Å². The van der Waals surface area contributed by atoms with Gasteiger partial charge in [-0.1, -0.05) is 19.9 Å². The SMILES string of the molecule is CC(C)CC(CSCC(=O)OC(C)(C)C)NC(=O)c1ccccn1. The van der Waals surface area contributed by atoms with Crippen LogP contribution in [0.1, 0.15) is 51.5 Å². The number of hydrogen-bond acceptors (Lipinski definition) is 5. The van der Waals surface area contributed by atoms with Gasteiger partial charge >= 0.3 is 5.97 Å².